The number of hydrogen-bond donors (Lipinski definition) is 1. The van der Waals surface area contributed by atoms with Crippen molar-refractivity contribution in [3.05, 3.63) is 77.6 Å². The summed E-state index contributed by atoms with van der Waals surface area (Å²) in [6, 6.07) is 7.33. The predicted octanol–water partition coefficient (Wildman–Crippen LogP) is 4.33. The van der Waals surface area contributed by atoms with Crippen LogP contribution >= 0.6 is 0 Å². The van der Waals surface area contributed by atoms with Crippen LogP contribution in [0.3, 0.4) is 0 Å². The number of rotatable bonds is 6. The summed E-state index contributed by atoms with van der Waals surface area (Å²) in [4.78, 5) is 20.7. The van der Waals surface area contributed by atoms with E-state index in [0.717, 1.165) is 40.8 Å². The van der Waals surface area contributed by atoms with Gasteiger partial charge in [-0.25, -0.2) is 12.8 Å². The minimum atomic E-state index is -4.54. The number of sulfonamides is 1. The molecule has 3 heterocycles. The highest BCUT2D eigenvalue weighted by Gasteiger charge is 2.42. The van der Waals surface area contributed by atoms with Gasteiger partial charge in [-0.15, -0.1) is 0 Å². The molecule has 0 spiro atoms. The SMILES string of the molecule is Cc1cnc(CNC(=O)C2CC(C)CN2S(=O)(=O)c2ccc(F)cc2)cc1-c1ccc(C(F)(F)F)nc1. The Hall–Kier alpha value is -3.38. The molecule has 3 aromatic rings. The van der Waals surface area contributed by atoms with Crippen molar-refractivity contribution < 1.29 is 30.8 Å². The van der Waals surface area contributed by atoms with Crippen LogP contribution in [0.15, 0.2) is 59.8 Å². The van der Waals surface area contributed by atoms with Gasteiger partial charge in [-0.1, -0.05) is 13.0 Å². The maximum Gasteiger partial charge on any atom is 0.433 e. The first-order valence-corrected chi connectivity index (χ1v) is 12.8. The van der Waals surface area contributed by atoms with Crippen LogP contribution in [0.2, 0.25) is 0 Å². The van der Waals surface area contributed by atoms with E-state index in [1.54, 1.807) is 13.0 Å². The van der Waals surface area contributed by atoms with Gasteiger partial charge in [-0.3, -0.25) is 14.8 Å². The van der Waals surface area contributed by atoms with Crippen molar-refractivity contribution in [2.24, 2.45) is 5.92 Å². The average Bonchev–Trinajstić information content (AvgIpc) is 3.26. The molecule has 37 heavy (non-hydrogen) atoms. The van der Waals surface area contributed by atoms with Crippen LogP contribution in [-0.2, 0) is 27.5 Å². The summed E-state index contributed by atoms with van der Waals surface area (Å²) in [5.41, 5.74) is 1.21. The number of aryl methyl sites for hydroxylation is 1. The Morgan fingerprint density at radius 2 is 1.81 bits per heavy atom. The average molecular weight is 537 g/mol. The number of alkyl halides is 3. The first kappa shape index (κ1) is 26.7. The fourth-order valence-corrected chi connectivity index (χ4v) is 5.96. The highest BCUT2D eigenvalue weighted by Crippen LogP contribution is 2.31. The fraction of sp³-hybridized carbons (Fsp3) is 0.320. The molecule has 0 bridgehead atoms. The van der Waals surface area contributed by atoms with Gasteiger partial charge in [-0.2, -0.15) is 17.5 Å². The van der Waals surface area contributed by atoms with Crippen LogP contribution < -0.4 is 5.32 Å². The molecule has 196 valence electrons. The second-order valence-electron chi connectivity index (χ2n) is 9.02. The summed E-state index contributed by atoms with van der Waals surface area (Å²) in [7, 11) is -4.02. The molecule has 1 aromatic carbocycles. The Morgan fingerprint density at radius 3 is 2.43 bits per heavy atom. The van der Waals surface area contributed by atoms with Crippen molar-refractivity contribution in [1.29, 1.82) is 0 Å². The van der Waals surface area contributed by atoms with Crippen LogP contribution in [0.25, 0.3) is 11.1 Å². The Morgan fingerprint density at radius 1 is 1.11 bits per heavy atom. The van der Waals surface area contributed by atoms with E-state index in [9.17, 15) is 30.8 Å². The van der Waals surface area contributed by atoms with Gasteiger partial charge in [0.15, 0.2) is 0 Å². The van der Waals surface area contributed by atoms with Crippen molar-refractivity contribution in [1.82, 2.24) is 19.6 Å². The number of nitrogens with zero attached hydrogens (tertiary/aromatic N) is 3. The molecule has 2 atom stereocenters. The van der Waals surface area contributed by atoms with Crippen LogP contribution in [0.1, 0.15) is 30.3 Å². The topological polar surface area (TPSA) is 92.3 Å². The number of aromatic nitrogens is 2. The predicted molar refractivity (Wildman–Crippen MR) is 127 cm³/mol. The highest BCUT2D eigenvalue weighted by molar-refractivity contribution is 7.89. The quantitative estimate of drug-likeness (QED) is 0.474. The first-order chi connectivity index (χ1) is 17.4. The van der Waals surface area contributed by atoms with E-state index in [2.05, 4.69) is 15.3 Å². The molecule has 1 N–H and O–H groups in total. The molecule has 1 aliphatic rings. The van der Waals surface area contributed by atoms with E-state index in [1.165, 1.54) is 12.3 Å². The molecular formula is C25H24F4N4O3S. The van der Waals surface area contributed by atoms with Crippen molar-refractivity contribution in [2.45, 2.75) is 43.9 Å². The Bertz CT molecular complexity index is 1390. The fourth-order valence-electron chi connectivity index (χ4n) is 4.24. The smallest absolute Gasteiger partial charge is 0.349 e. The Balaban J connectivity index is 1.50. The summed E-state index contributed by atoms with van der Waals surface area (Å²) in [5, 5.41) is 2.72. The van der Waals surface area contributed by atoms with Gasteiger partial charge >= 0.3 is 6.18 Å². The molecule has 0 radical (unpaired) electrons. The Kier molecular flexibility index (Phi) is 7.33. The lowest BCUT2D eigenvalue weighted by atomic mass is 10.0. The molecule has 2 unspecified atom stereocenters. The third-order valence-corrected chi connectivity index (χ3v) is 8.05. The van der Waals surface area contributed by atoms with E-state index in [1.807, 2.05) is 6.92 Å². The number of nitrogens with one attached hydrogen (secondary N) is 1. The normalized spacial score (nSPS) is 18.6. The van der Waals surface area contributed by atoms with Gasteiger partial charge in [0.2, 0.25) is 15.9 Å². The monoisotopic (exact) mass is 536 g/mol. The lowest BCUT2D eigenvalue weighted by Gasteiger charge is -2.23. The second kappa shape index (κ2) is 10.2. The zero-order valence-corrected chi connectivity index (χ0v) is 20.8. The van der Waals surface area contributed by atoms with E-state index >= 15 is 0 Å². The number of carbonyl (C=O) groups excluding carboxylic acids is 1. The molecule has 1 amide bonds. The molecule has 4 rings (SSSR count). The molecular weight excluding hydrogens is 512 g/mol. The molecule has 1 aliphatic heterocycles. The lowest BCUT2D eigenvalue weighted by Crippen LogP contribution is -2.45. The number of amides is 1. The first-order valence-electron chi connectivity index (χ1n) is 11.4. The molecule has 2 aromatic heterocycles. The largest absolute Gasteiger partial charge is 0.433 e. The minimum Gasteiger partial charge on any atom is -0.349 e. The molecule has 1 fully saturated rings. The van der Waals surface area contributed by atoms with E-state index in [4.69, 9.17) is 0 Å². The highest BCUT2D eigenvalue weighted by atomic mass is 32.2. The van der Waals surface area contributed by atoms with Gasteiger partial charge in [0.05, 0.1) is 17.1 Å². The number of halogens is 4. The van der Waals surface area contributed by atoms with Gasteiger partial charge in [-0.05, 0) is 66.8 Å². The number of carbonyl (C=O) groups is 1. The standard InChI is InChI=1S/C25H24F4N4O3S/c1-15-9-22(33(14-15)37(35,36)20-6-4-18(26)5-7-20)24(34)32-13-19-10-21(16(2)11-30-19)17-3-8-23(31-12-17)25(27,28)29/h3-8,10-12,15,22H,9,13-14H2,1-2H3,(H,32,34). The summed E-state index contributed by atoms with van der Waals surface area (Å²) in [6.07, 6.45) is -1.56. The van der Waals surface area contributed by atoms with Crippen LogP contribution in [0, 0.1) is 18.7 Å². The van der Waals surface area contributed by atoms with Crippen LogP contribution in [-0.4, -0.2) is 41.2 Å². The van der Waals surface area contributed by atoms with Crippen LogP contribution in [0.5, 0.6) is 0 Å². The van der Waals surface area contributed by atoms with Crippen molar-refractivity contribution in [3.63, 3.8) is 0 Å². The van der Waals surface area contributed by atoms with E-state index in [0.29, 0.717) is 28.8 Å². The van der Waals surface area contributed by atoms with E-state index < -0.39 is 39.7 Å². The number of benzene rings is 1. The number of hydrogen-bond acceptors (Lipinski definition) is 5. The summed E-state index contributed by atoms with van der Waals surface area (Å²) in [5.74, 6) is -1.14. The third kappa shape index (κ3) is 5.80. The third-order valence-electron chi connectivity index (χ3n) is 6.16. The zero-order chi connectivity index (χ0) is 27.0. The minimum absolute atomic E-state index is 0.0184. The lowest BCUT2D eigenvalue weighted by molar-refractivity contribution is -0.141. The van der Waals surface area contributed by atoms with Crippen molar-refractivity contribution in [2.75, 3.05) is 6.54 Å². The van der Waals surface area contributed by atoms with E-state index in [-0.39, 0.29) is 23.9 Å². The zero-order valence-electron chi connectivity index (χ0n) is 20.0. The maximum atomic E-state index is 13.3. The van der Waals surface area contributed by atoms with Gasteiger partial charge in [0, 0.05) is 24.5 Å². The van der Waals surface area contributed by atoms with Gasteiger partial charge in [0.1, 0.15) is 17.6 Å². The molecule has 1 saturated heterocycles. The summed E-state index contributed by atoms with van der Waals surface area (Å²) in [6.45, 7) is 3.72. The summed E-state index contributed by atoms with van der Waals surface area (Å²) >= 11 is 0. The second-order valence-corrected chi connectivity index (χ2v) is 10.9. The summed E-state index contributed by atoms with van der Waals surface area (Å²) < 4.78 is 79.2. The van der Waals surface area contributed by atoms with Crippen LogP contribution in [0.4, 0.5) is 17.6 Å². The van der Waals surface area contributed by atoms with Gasteiger partial charge in [0.25, 0.3) is 0 Å². The number of pyridine rings is 2. The molecule has 7 nitrogen and oxygen atoms in total. The maximum absolute atomic E-state index is 13.3. The molecule has 12 heteroatoms. The van der Waals surface area contributed by atoms with Crippen molar-refractivity contribution >= 4 is 15.9 Å². The van der Waals surface area contributed by atoms with Crippen molar-refractivity contribution in [3.8, 4) is 11.1 Å². The van der Waals surface area contributed by atoms with Gasteiger partial charge < -0.3 is 5.32 Å². The Labute approximate surface area is 211 Å². The molecule has 0 aliphatic carbocycles. The molecule has 0 saturated carbocycles.